The van der Waals surface area contributed by atoms with Gasteiger partial charge in [0, 0.05) is 19.4 Å². The monoisotopic (exact) mass is 731 g/mol. The van der Waals surface area contributed by atoms with Crippen molar-refractivity contribution < 1.29 is 48.6 Å². The maximum absolute atomic E-state index is 13.8. The molecule has 17 nitrogen and oxygen atoms in total. The van der Waals surface area contributed by atoms with E-state index in [4.69, 9.17) is 11.5 Å². The second kappa shape index (κ2) is 20.7. The molecule has 288 valence electrons. The highest BCUT2D eigenvalue weighted by atomic mass is 16.4. The molecule has 10 N–H and O–H groups in total. The summed E-state index contributed by atoms with van der Waals surface area (Å²) in [5, 5.41) is 28.6. The minimum atomic E-state index is -1.68. The molecule has 0 radical (unpaired) electrons. The number of nitrogens with two attached hydrogens (primary N) is 2. The summed E-state index contributed by atoms with van der Waals surface area (Å²) in [4.78, 5) is 104. The predicted octanol–water partition coefficient (Wildman–Crippen LogP) is -0.596. The van der Waals surface area contributed by atoms with Crippen molar-refractivity contribution in [3.05, 3.63) is 35.9 Å². The first-order valence-corrected chi connectivity index (χ1v) is 17.4. The quantitative estimate of drug-likeness (QED) is 0.0791. The van der Waals surface area contributed by atoms with Gasteiger partial charge in [0.2, 0.25) is 35.4 Å². The number of aliphatic carboxylic acids is 2. The Morgan fingerprint density at radius 2 is 1.35 bits per heavy atom. The molecule has 1 fully saturated rings. The smallest absolute Gasteiger partial charge is 0.326 e. The van der Waals surface area contributed by atoms with Gasteiger partial charge in [-0.2, -0.15) is 0 Å². The highest BCUT2D eigenvalue weighted by Crippen LogP contribution is 2.20. The second-order valence-corrected chi connectivity index (χ2v) is 13.9. The van der Waals surface area contributed by atoms with Crippen molar-refractivity contribution in [1.29, 1.82) is 0 Å². The Morgan fingerprint density at radius 3 is 1.90 bits per heavy atom. The third kappa shape index (κ3) is 14.3. The van der Waals surface area contributed by atoms with E-state index >= 15 is 0 Å². The Labute approximate surface area is 303 Å². The van der Waals surface area contributed by atoms with Crippen LogP contribution in [0.5, 0.6) is 0 Å². The lowest BCUT2D eigenvalue weighted by Crippen LogP contribution is -2.60. The molecule has 1 heterocycles. The van der Waals surface area contributed by atoms with Crippen LogP contribution in [-0.2, 0) is 44.8 Å². The van der Waals surface area contributed by atoms with Crippen LogP contribution in [0.1, 0.15) is 78.2 Å². The minimum Gasteiger partial charge on any atom is -0.481 e. The minimum absolute atomic E-state index is 0.0487. The molecule has 0 aromatic heterocycles. The summed E-state index contributed by atoms with van der Waals surface area (Å²) in [7, 11) is 0. The molecule has 17 heteroatoms. The van der Waals surface area contributed by atoms with Crippen molar-refractivity contribution in [3.8, 4) is 0 Å². The Bertz CT molecular complexity index is 1440. The van der Waals surface area contributed by atoms with Crippen LogP contribution in [0.3, 0.4) is 0 Å². The molecule has 1 aliphatic heterocycles. The van der Waals surface area contributed by atoms with E-state index in [0.717, 1.165) is 0 Å². The van der Waals surface area contributed by atoms with Crippen LogP contribution >= 0.6 is 0 Å². The molecular weight excluding hydrogens is 678 g/mol. The van der Waals surface area contributed by atoms with Crippen molar-refractivity contribution >= 4 is 47.4 Å². The normalized spacial score (nSPS) is 17.0. The van der Waals surface area contributed by atoms with Gasteiger partial charge in [-0.3, -0.25) is 33.6 Å². The zero-order valence-electron chi connectivity index (χ0n) is 30.1. The van der Waals surface area contributed by atoms with Crippen molar-refractivity contribution in [2.45, 2.75) is 115 Å². The fraction of sp³-hybridized carbons (Fsp3) is 0.600. The van der Waals surface area contributed by atoms with Crippen LogP contribution in [-0.4, -0.2) is 105 Å². The van der Waals surface area contributed by atoms with Gasteiger partial charge < -0.3 is 47.8 Å². The molecular formula is C35H53N7O10. The fourth-order valence-electron chi connectivity index (χ4n) is 5.91. The van der Waals surface area contributed by atoms with Gasteiger partial charge in [0.25, 0.3) is 0 Å². The van der Waals surface area contributed by atoms with Crippen molar-refractivity contribution in [1.82, 2.24) is 26.2 Å². The molecule has 0 spiro atoms. The van der Waals surface area contributed by atoms with Gasteiger partial charge >= 0.3 is 11.9 Å². The molecule has 52 heavy (non-hydrogen) atoms. The van der Waals surface area contributed by atoms with E-state index < -0.39 is 97.0 Å². The van der Waals surface area contributed by atoms with E-state index in [2.05, 4.69) is 21.3 Å². The zero-order valence-corrected chi connectivity index (χ0v) is 30.1. The van der Waals surface area contributed by atoms with E-state index in [9.17, 15) is 48.6 Å². The maximum atomic E-state index is 13.8. The van der Waals surface area contributed by atoms with Crippen LogP contribution in [0.25, 0.3) is 0 Å². The van der Waals surface area contributed by atoms with Gasteiger partial charge in [0.05, 0.1) is 12.5 Å². The van der Waals surface area contributed by atoms with Gasteiger partial charge in [-0.15, -0.1) is 0 Å². The maximum Gasteiger partial charge on any atom is 0.326 e. The van der Waals surface area contributed by atoms with E-state index in [1.54, 1.807) is 44.2 Å². The number of nitrogens with one attached hydrogen (secondary N) is 4. The summed E-state index contributed by atoms with van der Waals surface area (Å²) in [6, 6.07) is 1.04. The molecule has 0 bridgehead atoms. The number of hydrogen-bond acceptors (Lipinski definition) is 9. The first-order chi connectivity index (χ1) is 24.4. The lowest BCUT2D eigenvalue weighted by Gasteiger charge is -2.29. The van der Waals surface area contributed by atoms with E-state index in [0.29, 0.717) is 31.4 Å². The van der Waals surface area contributed by atoms with E-state index in [1.807, 2.05) is 13.8 Å². The first-order valence-electron chi connectivity index (χ1n) is 17.4. The van der Waals surface area contributed by atoms with Crippen LogP contribution in [0.4, 0.5) is 0 Å². The highest BCUT2D eigenvalue weighted by molar-refractivity contribution is 5.98. The average molecular weight is 732 g/mol. The van der Waals surface area contributed by atoms with E-state index in [1.165, 1.54) is 4.90 Å². The number of hydrogen-bond donors (Lipinski definition) is 8. The Morgan fingerprint density at radius 1 is 0.788 bits per heavy atom. The predicted molar refractivity (Wildman–Crippen MR) is 188 cm³/mol. The molecule has 6 atom stereocenters. The third-order valence-corrected chi connectivity index (χ3v) is 8.44. The number of amides is 6. The summed E-state index contributed by atoms with van der Waals surface area (Å²) < 4.78 is 0. The van der Waals surface area contributed by atoms with Gasteiger partial charge in [-0.25, -0.2) is 4.79 Å². The number of benzene rings is 1. The zero-order chi connectivity index (χ0) is 39.1. The summed E-state index contributed by atoms with van der Waals surface area (Å²) in [5.74, 6) is -7.57. The molecule has 1 saturated heterocycles. The average Bonchev–Trinajstić information content (AvgIpc) is 3.55. The number of primary amides is 1. The molecule has 1 aliphatic rings. The molecule has 2 rings (SSSR count). The van der Waals surface area contributed by atoms with Crippen LogP contribution in [0, 0.1) is 11.8 Å². The molecule has 1 aromatic rings. The largest absolute Gasteiger partial charge is 0.481 e. The summed E-state index contributed by atoms with van der Waals surface area (Å²) in [6.45, 7) is 7.63. The molecule has 6 amide bonds. The van der Waals surface area contributed by atoms with Crippen molar-refractivity contribution in [3.63, 3.8) is 0 Å². The first kappa shape index (κ1) is 43.1. The van der Waals surface area contributed by atoms with Crippen LogP contribution in [0.2, 0.25) is 0 Å². The van der Waals surface area contributed by atoms with Crippen molar-refractivity contribution in [2.24, 2.45) is 23.3 Å². The number of carbonyl (C=O) groups excluding carboxylic acids is 6. The Kier molecular flexibility index (Phi) is 17.2. The Hall–Kier alpha value is -5.06. The highest BCUT2D eigenvalue weighted by Gasteiger charge is 2.38. The molecule has 0 aliphatic carbocycles. The summed E-state index contributed by atoms with van der Waals surface area (Å²) in [5.41, 5.74) is 12.2. The Balaban J connectivity index is 2.33. The number of rotatable bonds is 21. The molecule has 0 saturated carbocycles. The lowest BCUT2D eigenvalue weighted by molar-refractivity contribution is -0.143. The summed E-state index contributed by atoms with van der Waals surface area (Å²) >= 11 is 0. The van der Waals surface area contributed by atoms with Crippen LogP contribution in [0.15, 0.2) is 30.3 Å². The van der Waals surface area contributed by atoms with Gasteiger partial charge in [0.15, 0.2) is 0 Å². The second-order valence-electron chi connectivity index (χ2n) is 13.9. The SMILES string of the molecule is CC(C)C[C@H](NC(=O)[C@H](CCC(=O)O)NC(=O)[C@H](CC(N)=O)NC(=O)[C@H](Cc1ccccc1)NC(=O)[C@@H]1CCCN1C(=O)[C@@H](N)CC(C)C)C(=O)O. The number of carbonyl (C=O) groups is 8. The van der Waals surface area contributed by atoms with Gasteiger partial charge in [-0.05, 0) is 49.5 Å². The molecule has 0 unspecified atom stereocenters. The van der Waals surface area contributed by atoms with Crippen molar-refractivity contribution in [2.75, 3.05) is 6.54 Å². The number of nitrogens with zero attached hydrogens (tertiary/aromatic N) is 1. The number of carboxylic acids is 2. The summed E-state index contributed by atoms with van der Waals surface area (Å²) in [6.07, 6.45) is -0.471. The topological polar surface area (TPSA) is 280 Å². The fourth-order valence-corrected chi connectivity index (χ4v) is 5.91. The standard InChI is InChI=1S/C35H53N7O10/c1-19(2)15-22(36)34(50)42-14-8-11-27(42)33(49)40-24(17-21-9-6-5-7-10-21)31(47)39-25(18-28(37)43)32(48)38-23(12-13-29(44)45)30(46)41-26(35(51)52)16-20(3)4/h5-7,9-10,19-20,22-27H,8,11-18,36H2,1-4H3,(H2,37,43)(H,38,48)(H,39,47)(H,40,49)(H,41,46)(H,44,45)(H,51,52)/t22-,23-,24-,25-,26-,27-/m0/s1. The van der Waals surface area contributed by atoms with Crippen LogP contribution < -0.4 is 32.7 Å². The van der Waals surface area contributed by atoms with Gasteiger partial charge in [0.1, 0.15) is 30.2 Å². The van der Waals surface area contributed by atoms with E-state index in [-0.39, 0.29) is 30.6 Å². The van der Waals surface area contributed by atoms with Gasteiger partial charge in [-0.1, -0.05) is 58.0 Å². The lowest BCUT2D eigenvalue weighted by atomic mass is 10.0. The third-order valence-electron chi connectivity index (χ3n) is 8.44. The number of carboxylic acid groups (broad SMARTS) is 2. The number of likely N-dealkylation sites (tertiary alicyclic amines) is 1. The molecule has 1 aromatic carbocycles.